The Labute approximate surface area is 70.7 Å². The van der Waals surface area contributed by atoms with Crippen molar-refractivity contribution in [3.05, 3.63) is 11.6 Å². The summed E-state index contributed by atoms with van der Waals surface area (Å²) >= 11 is 0. The van der Waals surface area contributed by atoms with Crippen LogP contribution >= 0.6 is 0 Å². The van der Waals surface area contributed by atoms with Gasteiger partial charge < -0.3 is 0 Å². The van der Waals surface area contributed by atoms with Crippen molar-refractivity contribution >= 4 is 0 Å². The second-order valence-electron chi connectivity index (χ2n) is 3.82. The van der Waals surface area contributed by atoms with E-state index in [2.05, 4.69) is 33.8 Å². The van der Waals surface area contributed by atoms with E-state index in [1.54, 1.807) is 5.57 Å². The van der Waals surface area contributed by atoms with Crippen molar-refractivity contribution in [2.45, 2.75) is 40.5 Å². The van der Waals surface area contributed by atoms with E-state index in [9.17, 15) is 0 Å². The van der Waals surface area contributed by atoms with E-state index < -0.39 is 0 Å². The largest absolute Gasteiger partial charge is 0.0775 e. The summed E-state index contributed by atoms with van der Waals surface area (Å²) in [6.07, 6.45) is 5.08. The van der Waals surface area contributed by atoms with Crippen LogP contribution in [0.15, 0.2) is 11.6 Å². The zero-order chi connectivity index (χ0) is 8.43. The van der Waals surface area contributed by atoms with E-state index in [0.717, 1.165) is 17.8 Å². The highest BCUT2D eigenvalue weighted by molar-refractivity contribution is 5.30. The summed E-state index contributed by atoms with van der Waals surface area (Å²) in [5.41, 5.74) is 1.71. The zero-order valence-electron chi connectivity index (χ0n) is 8.22. The average Bonchev–Trinajstić information content (AvgIpc) is 2.69. The molecule has 0 spiro atoms. The molecule has 0 amide bonds. The summed E-state index contributed by atoms with van der Waals surface area (Å²) in [6.45, 7) is 9.29. The van der Waals surface area contributed by atoms with E-state index in [4.69, 9.17) is 0 Å². The standard InChI is InChI=1S/C11H20/c1-5-10(6-2)9(4)11-7-8(11)3/h7-10H,5-6H2,1-4H3. The Morgan fingerprint density at radius 1 is 1.36 bits per heavy atom. The molecule has 1 aliphatic rings. The Hall–Kier alpha value is -0.260. The van der Waals surface area contributed by atoms with Crippen molar-refractivity contribution in [2.24, 2.45) is 17.8 Å². The van der Waals surface area contributed by atoms with Gasteiger partial charge in [0, 0.05) is 0 Å². The lowest BCUT2D eigenvalue weighted by Crippen LogP contribution is -2.09. The Balaban J connectivity index is 2.39. The number of hydrogen-bond donors (Lipinski definition) is 0. The molecule has 0 aliphatic heterocycles. The Kier molecular flexibility index (Phi) is 2.75. The topological polar surface area (TPSA) is 0 Å². The van der Waals surface area contributed by atoms with Gasteiger partial charge in [0.1, 0.15) is 0 Å². The molecule has 0 N–H and O–H groups in total. The summed E-state index contributed by atoms with van der Waals surface area (Å²) in [6, 6.07) is 0. The third-order valence-corrected chi connectivity index (χ3v) is 3.14. The van der Waals surface area contributed by atoms with E-state index in [1.807, 2.05) is 0 Å². The molecule has 0 heterocycles. The van der Waals surface area contributed by atoms with Crippen molar-refractivity contribution < 1.29 is 0 Å². The van der Waals surface area contributed by atoms with Gasteiger partial charge in [-0.25, -0.2) is 0 Å². The van der Waals surface area contributed by atoms with Crippen molar-refractivity contribution in [1.82, 2.24) is 0 Å². The zero-order valence-corrected chi connectivity index (χ0v) is 8.22. The van der Waals surface area contributed by atoms with Gasteiger partial charge in [0.15, 0.2) is 0 Å². The van der Waals surface area contributed by atoms with E-state index in [0.29, 0.717) is 0 Å². The molecule has 11 heavy (non-hydrogen) atoms. The summed E-state index contributed by atoms with van der Waals surface area (Å²) in [4.78, 5) is 0. The molecule has 0 nitrogen and oxygen atoms in total. The second kappa shape index (κ2) is 3.42. The lowest BCUT2D eigenvalue weighted by atomic mass is 9.86. The molecule has 0 heteroatoms. The van der Waals surface area contributed by atoms with Crippen LogP contribution in [0.4, 0.5) is 0 Å². The van der Waals surface area contributed by atoms with Crippen molar-refractivity contribution in [2.75, 3.05) is 0 Å². The molecule has 0 saturated heterocycles. The van der Waals surface area contributed by atoms with Gasteiger partial charge in [-0.15, -0.1) is 0 Å². The molecule has 0 radical (unpaired) electrons. The molecular formula is C11H20. The molecule has 0 aromatic carbocycles. The van der Waals surface area contributed by atoms with E-state index in [1.165, 1.54) is 12.8 Å². The molecule has 1 rings (SSSR count). The van der Waals surface area contributed by atoms with Crippen LogP contribution in [0, 0.1) is 17.8 Å². The maximum absolute atomic E-state index is 2.41. The van der Waals surface area contributed by atoms with E-state index >= 15 is 0 Å². The highest BCUT2D eigenvalue weighted by Gasteiger charge is 2.28. The third kappa shape index (κ3) is 1.85. The fourth-order valence-corrected chi connectivity index (χ4v) is 2.07. The van der Waals surface area contributed by atoms with Gasteiger partial charge in [-0.1, -0.05) is 52.2 Å². The van der Waals surface area contributed by atoms with E-state index in [-0.39, 0.29) is 0 Å². The van der Waals surface area contributed by atoms with Crippen LogP contribution in [-0.2, 0) is 0 Å². The van der Waals surface area contributed by atoms with Crippen LogP contribution in [0.3, 0.4) is 0 Å². The predicted molar refractivity (Wildman–Crippen MR) is 50.5 cm³/mol. The Bertz CT molecular complexity index is 151. The fourth-order valence-electron chi connectivity index (χ4n) is 2.07. The summed E-state index contributed by atoms with van der Waals surface area (Å²) in [5.74, 6) is 2.59. The van der Waals surface area contributed by atoms with Gasteiger partial charge in [-0.3, -0.25) is 0 Å². The van der Waals surface area contributed by atoms with Crippen LogP contribution in [0.2, 0.25) is 0 Å². The van der Waals surface area contributed by atoms with Gasteiger partial charge in [-0.05, 0) is 17.8 Å². The van der Waals surface area contributed by atoms with Crippen LogP contribution in [0.1, 0.15) is 40.5 Å². The first-order valence-corrected chi connectivity index (χ1v) is 4.92. The first-order valence-electron chi connectivity index (χ1n) is 4.92. The van der Waals surface area contributed by atoms with Crippen LogP contribution in [-0.4, -0.2) is 0 Å². The molecule has 0 fully saturated rings. The quantitative estimate of drug-likeness (QED) is 0.539. The molecular weight excluding hydrogens is 132 g/mol. The van der Waals surface area contributed by atoms with Crippen LogP contribution in [0.5, 0.6) is 0 Å². The minimum absolute atomic E-state index is 0.825. The van der Waals surface area contributed by atoms with Gasteiger partial charge in [-0.2, -0.15) is 0 Å². The monoisotopic (exact) mass is 152 g/mol. The van der Waals surface area contributed by atoms with Crippen molar-refractivity contribution in [1.29, 1.82) is 0 Å². The first-order chi connectivity index (χ1) is 5.20. The molecule has 0 saturated carbocycles. The average molecular weight is 152 g/mol. The predicted octanol–water partition coefficient (Wildman–Crippen LogP) is 3.63. The maximum atomic E-state index is 2.41. The van der Waals surface area contributed by atoms with Crippen molar-refractivity contribution in [3.63, 3.8) is 0 Å². The molecule has 2 atom stereocenters. The highest BCUT2D eigenvalue weighted by Crippen LogP contribution is 2.40. The van der Waals surface area contributed by atoms with Gasteiger partial charge in [0.25, 0.3) is 0 Å². The molecule has 0 aromatic heterocycles. The third-order valence-electron chi connectivity index (χ3n) is 3.14. The lowest BCUT2D eigenvalue weighted by Gasteiger charge is -2.19. The van der Waals surface area contributed by atoms with Gasteiger partial charge >= 0.3 is 0 Å². The summed E-state index contributed by atoms with van der Waals surface area (Å²) in [7, 11) is 0. The molecule has 0 aromatic rings. The van der Waals surface area contributed by atoms with Crippen LogP contribution in [0.25, 0.3) is 0 Å². The van der Waals surface area contributed by atoms with Crippen molar-refractivity contribution in [3.8, 4) is 0 Å². The highest BCUT2D eigenvalue weighted by atomic mass is 14.3. The second-order valence-corrected chi connectivity index (χ2v) is 3.82. The normalized spacial score (nSPS) is 25.2. The first kappa shape index (κ1) is 8.83. The number of rotatable bonds is 4. The number of allylic oxidation sites excluding steroid dienone is 2. The summed E-state index contributed by atoms with van der Waals surface area (Å²) in [5, 5.41) is 0. The minimum atomic E-state index is 0.825. The Morgan fingerprint density at radius 3 is 2.09 bits per heavy atom. The lowest BCUT2D eigenvalue weighted by molar-refractivity contribution is 0.380. The molecule has 1 aliphatic carbocycles. The fraction of sp³-hybridized carbons (Fsp3) is 0.818. The molecule has 64 valence electrons. The molecule has 2 unspecified atom stereocenters. The minimum Gasteiger partial charge on any atom is -0.0775 e. The summed E-state index contributed by atoms with van der Waals surface area (Å²) < 4.78 is 0. The van der Waals surface area contributed by atoms with Crippen LogP contribution < -0.4 is 0 Å². The maximum Gasteiger partial charge on any atom is -0.00457 e. The SMILES string of the molecule is CCC(CC)C(C)C1=CC1C. The molecule has 0 bridgehead atoms. The Morgan fingerprint density at radius 2 is 1.82 bits per heavy atom. The number of hydrogen-bond acceptors (Lipinski definition) is 0. The van der Waals surface area contributed by atoms with Gasteiger partial charge in [0.05, 0.1) is 0 Å². The smallest absolute Gasteiger partial charge is 0.00457 e. The van der Waals surface area contributed by atoms with Gasteiger partial charge in [0.2, 0.25) is 0 Å².